The molecule has 25 heavy (non-hydrogen) atoms. The molecule has 132 valence electrons. The second-order valence-corrected chi connectivity index (χ2v) is 7.81. The second kappa shape index (κ2) is 7.33. The first-order chi connectivity index (χ1) is 11.9. The number of carbonyl (C=O) groups excluding carboxylic acids is 1. The summed E-state index contributed by atoms with van der Waals surface area (Å²) in [7, 11) is -3.93. The van der Waals surface area contributed by atoms with Gasteiger partial charge in [0.05, 0.1) is 4.90 Å². The van der Waals surface area contributed by atoms with Gasteiger partial charge in [-0.15, -0.1) is 0 Å². The molecular weight excluding hydrogens is 343 g/mol. The average Bonchev–Trinajstić information content (AvgIpc) is 3.39. The van der Waals surface area contributed by atoms with Crippen molar-refractivity contribution in [2.24, 2.45) is 0 Å². The third-order valence-corrected chi connectivity index (χ3v) is 5.43. The highest BCUT2D eigenvalue weighted by atomic mass is 32.2. The highest BCUT2D eigenvalue weighted by molar-refractivity contribution is 7.89. The van der Waals surface area contributed by atoms with Gasteiger partial charge in [-0.3, -0.25) is 4.79 Å². The van der Waals surface area contributed by atoms with Gasteiger partial charge in [-0.25, -0.2) is 12.8 Å². The molecule has 7 heteroatoms. The SMILES string of the molecule is O=C(NC1CC1)[C@H](Cc1ccccc1)NS(=O)(=O)c1ccc(F)cc1. The second-order valence-electron chi connectivity index (χ2n) is 6.10. The van der Waals surface area contributed by atoms with E-state index in [9.17, 15) is 17.6 Å². The summed E-state index contributed by atoms with van der Waals surface area (Å²) < 4.78 is 40.5. The minimum Gasteiger partial charge on any atom is -0.352 e. The zero-order valence-electron chi connectivity index (χ0n) is 13.5. The largest absolute Gasteiger partial charge is 0.352 e. The van der Waals surface area contributed by atoms with Crippen molar-refractivity contribution in [3.8, 4) is 0 Å². The molecule has 1 fully saturated rings. The Morgan fingerprint density at radius 3 is 2.32 bits per heavy atom. The summed E-state index contributed by atoms with van der Waals surface area (Å²) in [5, 5.41) is 2.83. The number of nitrogens with one attached hydrogen (secondary N) is 2. The van der Waals surface area contributed by atoms with E-state index in [1.165, 1.54) is 12.1 Å². The topological polar surface area (TPSA) is 75.3 Å². The minimum atomic E-state index is -3.93. The van der Waals surface area contributed by atoms with E-state index in [2.05, 4.69) is 10.0 Å². The smallest absolute Gasteiger partial charge is 0.241 e. The Morgan fingerprint density at radius 2 is 1.72 bits per heavy atom. The molecule has 0 aliphatic heterocycles. The van der Waals surface area contributed by atoms with Crippen LogP contribution < -0.4 is 10.0 Å². The molecule has 2 aromatic carbocycles. The van der Waals surface area contributed by atoms with E-state index >= 15 is 0 Å². The van der Waals surface area contributed by atoms with Crippen LogP contribution in [0.4, 0.5) is 4.39 Å². The van der Waals surface area contributed by atoms with Gasteiger partial charge in [0.1, 0.15) is 11.9 Å². The van der Waals surface area contributed by atoms with Crippen molar-refractivity contribution in [1.82, 2.24) is 10.0 Å². The normalized spacial score (nSPS) is 15.6. The summed E-state index contributed by atoms with van der Waals surface area (Å²) in [4.78, 5) is 12.4. The Labute approximate surface area is 146 Å². The Hall–Kier alpha value is -2.25. The Kier molecular flexibility index (Phi) is 5.15. The van der Waals surface area contributed by atoms with Gasteiger partial charge in [0.2, 0.25) is 15.9 Å². The molecule has 0 radical (unpaired) electrons. The molecule has 0 heterocycles. The Bertz CT molecular complexity index is 834. The predicted octanol–water partition coefficient (Wildman–Crippen LogP) is 1.99. The van der Waals surface area contributed by atoms with E-state index in [0.717, 1.165) is 30.5 Å². The summed E-state index contributed by atoms with van der Waals surface area (Å²) >= 11 is 0. The van der Waals surface area contributed by atoms with Gasteiger partial charge in [-0.05, 0) is 49.1 Å². The number of hydrogen-bond donors (Lipinski definition) is 2. The first kappa shape index (κ1) is 17.6. The number of hydrogen-bond acceptors (Lipinski definition) is 3. The summed E-state index contributed by atoms with van der Waals surface area (Å²) in [5.74, 6) is -0.872. The van der Waals surface area contributed by atoms with E-state index < -0.39 is 21.9 Å². The van der Waals surface area contributed by atoms with Crippen LogP contribution in [0.3, 0.4) is 0 Å². The molecule has 1 amide bonds. The van der Waals surface area contributed by atoms with E-state index in [0.29, 0.717) is 0 Å². The van der Waals surface area contributed by atoms with Crippen molar-refractivity contribution in [3.63, 3.8) is 0 Å². The maximum Gasteiger partial charge on any atom is 0.241 e. The summed E-state index contributed by atoms with van der Waals surface area (Å²) in [6.07, 6.45) is 2.06. The molecule has 1 atom stereocenters. The van der Waals surface area contributed by atoms with Crippen LogP contribution in [0.15, 0.2) is 59.5 Å². The van der Waals surface area contributed by atoms with Gasteiger partial charge in [0, 0.05) is 6.04 Å². The van der Waals surface area contributed by atoms with Crippen LogP contribution in [0, 0.1) is 5.82 Å². The fraction of sp³-hybridized carbons (Fsp3) is 0.278. The number of carbonyl (C=O) groups is 1. The van der Waals surface area contributed by atoms with E-state index in [-0.39, 0.29) is 23.3 Å². The third-order valence-electron chi connectivity index (χ3n) is 3.94. The number of amides is 1. The average molecular weight is 362 g/mol. The van der Waals surface area contributed by atoms with Crippen molar-refractivity contribution in [2.45, 2.75) is 36.2 Å². The molecule has 0 spiro atoms. The minimum absolute atomic E-state index is 0.0776. The zero-order chi connectivity index (χ0) is 17.9. The van der Waals surface area contributed by atoms with E-state index in [1.54, 1.807) is 0 Å². The van der Waals surface area contributed by atoms with Gasteiger partial charge < -0.3 is 5.32 Å². The number of rotatable bonds is 7. The quantitative estimate of drug-likeness (QED) is 0.791. The fourth-order valence-electron chi connectivity index (χ4n) is 2.44. The van der Waals surface area contributed by atoms with Gasteiger partial charge >= 0.3 is 0 Å². The van der Waals surface area contributed by atoms with Crippen LogP contribution in [0.5, 0.6) is 0 Å². The molecule has 1 aliphatic carbocycles. The van der Waals surface area contributed by atoms with Crippen molar-refractivity contribution in [1.29, 1.82) is 0 Å². The lowest BCUT2D eigenvalue weighted by molar-refractivity contribution is -0.122. The molecule has 0 unspecified atom stereocenters. The molecular formula is C18H19FN2O3S. The monoisotopic (exact) mass is 362 g/mol. The van der Waals surface area contributed by atoms with Crippen LogP contribution in [0.2, 0.25) is 0 Å². The predicted molar refractivity (Wildman–Crippen MR) is 91.8 cm³/mol. The van der Waals surface area contributed by atoms with Gasteiger partial charge in [-0.2, -0.15) is 4.72 Å². The van der Waals surface area contributed by atoms with Crippen LogP contribution >= 0.6 is 0 Å². The number of halogens is 1. The summed E-state index contributed by atoms with van der Waals surface area (Å²) in [6, 6.07) is 12.9. The Morgan fingerprint density at radius 1 is 1.08 bits per heavy atom. The molecule has 2 aromatic rings. The van der Waals surface area contributed by atoms with Crippen molar-refractivity contribution in [3.05, 3.63) is 66.0 Å². The van der Waals surface area contributed by atoms with Crippen LogP contribution in [0.1, 0.15) is 18.4 Å². The van der Waals surface area contributed by atoms with Crippen LogP contribution in [-0.4, -0.2) is 26.4 Å². The lowest BCUT2D eigenvalue weighted by Crippen LogP contribution is -2.48. The molecule has 0 aromatic heterocycles. The van der Waals surface area contributed by atoms with Crippen molar-refractivity contribution >= 4 is 15.9 Å². The maximum absolute atomic E-state index is 13.0. The number of benzene rings is 2. The lowest BCUT2D eigenvalue weighted by atomic mass is 10.1. The molecule has 1 saturated carbocycles. The highest BCUT2D eigenvalue weighted by Crippen LogP contribution is 2.19. The third kappa shape index (κ3) is 4.87. The first-order valence-corrected chi connectivity index (χ1v) is 9.54. The maximum atomic E-state index is 13.0. The standard InChI is InChI=1S/C18H19FN2O3S/c19-14-6-10-16(11-7-14)25(23,24)21-17(18(22)20-15-8-9-15)12-13-4-2-1-3-5-13/h1-7,10-11,15,17,21H,8-9,12H2,(H,20,22)/t17-/m0/s1. The molecule has 2 N–H and O–H groups in total. The van der Waals surface area contributed by atoms with Crippen molar-refractivity contribution < 1.29 is 17.6 Å². The summed E-state index contributed by atoms with van der Waals surface area (Å²) in [5.41, 5.74) is 0.847. The van der Waals surface area contributed by atoms with E-state index in [1.807, 2.05) is 30.3 Å². The lowest BCUT2D eigenvalue weighted by Gasteiger charge is -2.18. The molecule has 1 aliphatic rings. The van der Waals surface area contributed by atoms with Gasteiger partial charge in [0.25, 0.3) is 0 Å². The molecule has 0 bridgehead atoms. The van der Waals surface area contributed by atoms with E-state index in [4.69, 9.17) is 0 Å². The molecule has 3 rings (SSSR count). The summed E-state index contributed by atoms with van der Waals surface area (Å²) in [6.45, 7) is 0. The molecule has 5 nitrogen and oxygen atoms in total. The number of sulfonamides is 1. The van der Waals surface area contributed by atoms with Gasteiger partial charge in [-0.1, -0.05) is 30.3 Å². The van der Waals surface area contributed by atoms with Gasteiger partial charge in [0.15, 0.2) is 0 Å². The highest BCUT2D eigenvalue weighted by Gasteiger charge is 2.30. The van der Waals surface area contributed by atoms with Crippen LogP contribution in [-0.2, 0) is 21.2 Å². The first-order valence-electron chi connectivity index (χ1n) is 8.06. The van der Waals surface area contributed by atoms with Crippen molar-refractivity contribution in [2.75, 3.05) is 0 Å². The zero-order valence-corrected chi connectivity index (χ0v) is 14.3. The fourth-order valence-corrected chi connectivity index (χ4v) is 3.63. The Balaban J connectivity index is 1.80. The molecule has 0 saturated heterocycles. The van der Waals surface area contributed by atoms with Crippen LogP contribution in [0.25, 0.3) is 0 Å².